The maximum Gasteiger partial charge on any atom is 0.421 e. The predicted octanol–water partition coefficient (Wildman–Crippen LogP) is 6.84. The Bertz CT molecular complexity index is 1010. The quantitative estimate of drug-likeness (QED) is 0.480. The lowest BCUT2D eigenvalue weighted by molar-refractivity contribution is -0.137. The first kappa shape index (κ1) is 21.6. The number of hydrogen-bond donors (Lipinski definition) is 2. The number of nitrogens with one attached hydrogen (secondary N) is 2. The number of halogens is 3. The Morgan fingerprint density at radius 3 is 2.20 bits per heavy atom. The fourth-order valence-electron chi connectivity index (χ4n) is 2.93. The fraction of sp³-hybridized carbons (Fsp3) is 0.304. The topological polar surface area (TPSA) is 49.8 Å². The van der Waals surface area contributed by atoms with E-state index in [9.17, 15) is 13.2 Å². The summed E-state index contributed by atoms with van der Waals surface area (Å²) in [5, 5.41) is 5.78. The van der Waals surface area contributed by atoms with Gasteiger partial charge in [-0.25, -0.2) is 4.98 Å². The van der Waals surface area contributed by atoms with Crippen LogP contribution in [-0.2, 0) is 18.0 Å². The van der Waals surface area contributed by atoms with Crippen molar-refractivity contribution in [3.05, 3.63) is 71.4 Å². The molecule has 0 unspecified atom stereocenters. The van der Waals surface area contributed by atoms with E-state index >= 15 is 0 Å². The van der Waals surface area contributed by atoms with E-state index in [1.807, 2.05) is 37.3 Å². The monoisotopic (exact) mass is 414 g/mol. The Morgan fingerprint density at radius 1 is 0.900 bits per heavy atom. The Kier molecular flexibility index (Phi) is 6.01. The lowest BCUT2D eigenvalue weighted by atomic mass is 9.87. The fourth-order valence-corrected chi connectivity index (χ4v) is 2.93. The van der Waals surface area contributed by atoms with Gasteiger partial charge in [0, 0.05) is 17.6 Å². The van der Waals surface area contributed by atoms with E-state index in [-0.39, 0.29) is 17.2 Å². The number of nitrogens with zero attached hydrogens (tertiary/aromatic N) is 2. The highest BCUT2D eigenvalue weighted by Crippen LogP contribution is 2.35. The van der Waals surface area contributed by atoms with E-state index in [4.69, 9.17) is 0 Å². The largest absolute Gasteiger partial charge is 0.421 e. The zero-order valence-corrected chi connectivity index (χ0v) is 17.4. The van der Waals surface area contributed by atoms with Crippen LogP contribution in [0.3, 0.4) is 0 Å². The summed E-state index contributed by atoms with van der Waals surface area (Å²) in [5.41, 5.74) is 2.49. The van der Waals surface area contributed by atoms with Crippen LogP contribution in [0.25, 0.3) is 0 Å². The van der Waals surface area contributed by atoms with Crippen LogP contribution in [0.5, 0.6) is 0 Å². The highest BCUT2D eigenvalue weighted by molar-refractivity contribution is 5.63. The molecule has 0 aliphatic heterocycles. The molecule has 0 bridgehead atoms. The molecule has 0 aliphatic carbocycles. The molecule has 3 aromatic rings. The molecule has 0 atom stereocenters. The number of aromatic nitrogens is 2. The Balaban J connectivity index is 1.90. The van der Waals surface area contributed by atoms with Crippen molar-refractivity contribution in [2.75, 3.05) is 10.6 Å². The van der Waals surface area contributed by atoms with E-state index in [0.29, 0.717) is 11.4 Å². The first-order valence-electron chi connectivity index (χ1n) is 9.74. The van der Waals surface area contributed by atoms with Crippen LogP contribution in [0.15, 0.2) is 54.7 Å². The molecule has 2 N–H and O–H groups in total. The van der Waals surface area contributed by atoms with Crippen LogP contribution >= 0.6 is 0 Å². The number of hydrogen-bond acceptors (Lipinski definition) is 4. The van der Waals surface area contributed by atoms with E-state index < -0.39 is 11.7 Å². The van der Waals surface area contributed by atoms with Gasteiger partial charge in [-0.3, -0.25) is 0 Å². The number of aryl methyl sites for hydroxylation is 1. The molecule has 0 saturated heterocycles. The van der Waals surface area contributed by atoms with Gasteiger partial charge in [-0.15, -0.1) is 0 Å². The molecular weight excluding hydrogens is 389 g/mol. The Labute approximate surface area is 174 Å². The van der Waals surface area contributed by atoms with E-state index in [2.05, 4.69) is 41.4 Å². The molecule has 4 nitrogen and oxygen atoms in total. The van der Waals surface area contributed by atoms with Crippen molar-refractivity contribution in [3.8, 4) is 0 Å². The minimum atomic E-state index is -4.57. The Morgan fingerprint density at radius 2 is 1.60 bits per heavy atom. The van der Waals surface area contributed by atoms with Gasteiger partial charge in [-0.2, -0.15) is 18.2 Å². The second-order valence-corrected chi connectivity index (χ2v) is 8.08. The summed E-state index contributed by atoms with van der Waals surface area (Å²) in [4.78, 5) is 7.97. The molecule has 1 heterocycles. The summed E-state index contributed by atoms with van der Waals surface area (Å²) in [6.45, 7) is 8.32. The summed E-state index contributed by atoms with van der Waals surface area (Å²) in [6.07, 6.45) is -2.99. The van der Waals surface area contributed by atoms with Gasteiger partial charge in [0.1, 0.15) is 11.4 Å². The highest BCUT2D eigenvalue weighted by atomic mass is 19.4. The molecule has 7 heteroatoms. The molecule has 0 radical (unpaired) electrons. The zero-order valence-electron chi connectivity index (χ0n) is 17.4. The van der Waals surface area contributed by atoms with Gasteiger partial charge in [-0.05, 0) is 47.2 Å². The van der Waals surface area contributed by atoms with Gasteiger partial charge in [0.15, 0.2) is 0 Å². The summed E-state index contributed by atoms with van der Waals surface area (Å²) < 4.78 is 40.4. The van der Waals surface area contributed by atoms with Crippen LogP contribution in [0, 0.1) is 0 Å². The number of alkyl halides is 3. The van der Waals surface area contributed by atoms with Crippen molar-refractivity contribution >= 4 is 23.1 Å². The van der Waals surface area contributed by atoms with Crippen LogP contribution in [0.2, 0.25) is 0 Å². The third-order valence-electron chi connectivity index (χ3n) is 4.70. The van der Waals surface area contributed by atoms with Crippen molar-refractivity contribution < 1.29 is 13.2 Å². The molecular formula is C23H25F3N4. The standard InChI is InChI=1S/C23H25F3N4/c1-5-15-7-6-8-18(13-15)28-20-19(23(24,25)26)14-27-21(30-20)29-17-11-9-16(10-12-17)22(2,3)4/h6-14H,5H2,1-4H3,(H2,27,28,29,30). The highest BCUT2D eigenvalue weighted by Gasteiger charge is 2.35. The van der Waals surface area contributed by atoms with Gasteiger partial charge in [-0.1, -0.05) is 52.0 Å². The SMILES string of the molecule is CCc1cccc(Nc2nc(Nc3ccc(C(C)(C)C)cc3)ncc2C(F)(F)F)c1. The molecule has 3 rings (SSSR count). The minimum absolute atomic E-state index is 0.00744. The second kappa shape index (κ2) is 8.34. The first-order valence-corrected chi connectivity index (χ1v) is 9.74. The molecule has 0 fully saturated rings. The maximum atomic E-state index is 13.5. The zero-order chi connectivity index (χ0) is 21.9. The normalized spacial score (nSPS) is 12.0. The van der Waals surface area contributed by atoms with E-state index in [1.165, 1.54) is 0 Å². The van der Waals surface area contributed by atoms with Gasteiger partial charge in [0.05, 0.1) is 0 Å². The van der Waals surface area contributed by atoms with Crippen molar-refractivity contribution in [2.45, 2.75) is 45.7 Å². The van der Waals surface area contributed by atoms with Crippen LogP contribution < -0.4 is 10.6 Å². The molecule has 1 aromatic heterocycles. The third-order valence-corrected chi connectivity index (χ3v) is 4.70. The van der Waals surface area contributed by atoms with Crippen LogP contribution in [-0.4, -0.2) is 9.97 Å². The van der Waals surface area contributed by atoms with Crippen molar-refractivity contribution in [3.63, 3.8) is 0 Å². The Hall–Kier alpha value is -3.09. The lowest BCUT2D eigenvalue weighted by Gasteiger charge is -2.19. The van der Waals surface area contributed by atoms with E-state index in [1.54, 1.807) is 18.2 Å². The minimum Gasteiger partial charge on any atom is -0.340 e. The summed E-state index contributed by atoms with van der Waals surface area (Å²) in [6, 6.07) is 14.9. The average Bonchev–Trinajstić information content (AvgIpc) is 2.67. The number of benzene rings is 2. The summed E-state index contributed by atoms with van der Waals surface area (Å²) in [5.74, 6) is -0.208. The predicted molar refractivity (Wildman–Crippen MR) is 115 cm³/mol. The second-order valence-electron chi connectivity index (χ2n) is 8.08. The smallest absolute Gasteiger partial charge is 0.340 e. The molecule has 158 valence electrons. The maximum absolute atomic E-state index is 13.5. The van der Waals surface area contributed by atoms with Crippen molar-refractivity contribution in [2.24, 2.45) is 0 Å². The van der Waals surface area contributed by atoms with Crippen LogP contribution in [0.1, 0.15) is 44.4 Å². The van der Waals surface area contributed by atoms with Gasteiger partial charge < -0.3 is 10.6 Å². The average molecular weight is 414 g/mol. The molecule has 30 heavy (non-hydrogen) atoms. The molecule has 0 spiro atoms. The van der Waals surface area contributed by atoms with Gasteiger partial charge in [0.2, 0.25) is 5.95 Å². The van der Waals surface area contributed by atoms with Crippen LogP contribution in [0.4, 0.5) is 36.3 Å². The number of anilines is 4. The third kappa shape index (κ3) is 5.28. The van der Waals surface area contributed by atoms with Crippen molar-refractivity contribution in [1.82, 2.24) is 9.97 Å². The first-order chi connectivity index (χ1) is 14.1. The van der Waals surface area contributed by atoms with Crippen molar-refractivity contribution in [1.29, 1.82) is 0 Å². The van der Waals surface area contributed by atoms with Gasteiger partial charge in [0.25, 0.3) is 0 Å². The molecule has 0 saturated carbocycles. The molecule has 0 amide bonds. The molecule has 0 aliphatic rings. The summed E-state index contributed by atoms with van der Waals surface area (Å²) >= 11 is 0. The lowest BCUT2D eigenvalue weighted by Crippen LogP contribution is -2.13. The van der Waals surface area contributed by atoms with Gasteiger partial charge >= 0.3 is 6.18 Å². The molecule has 2 aromatic carbocycles. The van der Waals surface area contributed by atoms with E-state index in [0.717, 1.165) is 23.7 Å². The summed E-state index contributed by atoms with van der Waals surface area (Å²) in [7, 11) is 0. The number of rotatable bonds is 5.